The maximum Gasteiger partial charge on any atom is 0.0291 e. The monoisotopic (exact) mass is 141 g/mol. The highest BCUT2D eigenvalue weighted by molar-refractivity contribution is 8.18. The van der Waals surface area contributed by atoms with Crippen LogP contribution in [0.2, 0.25) is 0 Å². The molecule has 1 heterocycles. The molecule has 9 heavy (non-hydrogen) atoms. The Morgan fingerprint density at radius 3 is 3.22 bits per heavy atom. The smallest absolute Gasteiger partial charge is 0.0291 e. The van der Waals surface area contributed by atoms with Crippen molar-refractivity contribution in [2.24, 2.45) is 0 Å². The average molecular weight is 141 g/mol. The van der Waals surface area contributed by atoms with Crippen molar-refractivity contribution < 1.29 is 0 Å². The molecule has 1 aliphatic heterocycles. The number of hydrogen-bond acceptors (Lipinski definition) is 1. The molecular formula is C7H11NS. The van der Waals surface area contributed by atoms with Gasteiger partial charge < -0.3 is 5.32 Å². The highest BCUT2D eigenvalue weighted by Crippen LogP contribution is 2.38. The van der Waals surface area contributed by atoms with Crippen molar-refractivity contribution in [3.8, 4) is 0 Å². The quantitative estimate of drug-likeness (QED) is 0.506. The SMILES string of the molecule is CS1=CNC2=C1CCC2. The molecular weight excluding hydrogens is 130 g/mol. The Bertz CT molecular complexity index is 203. The summed E-state index contributed by atoms with van der Waals surface area (Å²) < 4.78 is 0. The molecule has 0 spiro atoms. The molecule has 1 nitrogen and oxygen atoms in total. The van der Waals surface area contributed by atoms with Gasteiger partial charge >= 0.3 is 0 Å². The van der Waals surface area contributed by atoms with Gasteiger partial charge in [0.15, 0.2) is 0 Å². The Morgan fingerprint density at radius 2 is 2.44 bits per heavy atom. The van der Waals surface area contributed by atoms with Crippen molar-refractivity contribution in [1.82, 2.24) is 5.32 Å². The van der Waals surface area contributed by atoms with E-state index >= 15 is 0 Å². The highest BCUT2D eigenvalue weighted by Gasteiger charge is 2.18. The number of allylic oxidation sites excluding steroid dienone is 2. The van der Waals surface area contributed by atoms with Crippen molar-refractivity contribution >= 4 is 16.0 Å². The minimum Gasteiger partial charge on any atom is -0.359 e. The summed E-state index contributed by atoms with van der Waals surface area (Å²) in [5.41, 5.74) is 3.75. The summed E-state index contributed by atoms with van der Waals surface area (Å²) in [5.74, 6) is 0. The van der Waals surface area contributed by atoms with Crippen LogP contribution in [0.15, 0.2) is 10.6 Å². The standard InChI is InChI=1S/C7H11NS/c1-9-5-8-6-3-2-4-7(6)9/h5,8H,2-4H2,1H3. The van der Waals surface area contributed by atoms with Crippen LogP contribution in [-0.2, 0) is 0 Å². The zero-order valence-electron chi connectivity index (χ0n) is 5.61. The Labute approximate surface area is 58.1 Å². The van der Waals surface area contributed by atoms with Gasteiger partial charge in [0, 0.05) is 11.2 Å². The zero-order chi connectivity index (χ0) is 6.27. The van der Waals surface area contributed by atoms with Crippen LogP contribution in [0.4, 0.5) is 0 Å². The molecule has 1 aliphatic carbocycles. The van der Waals surface area contributed by atoms with Crippen molar-refractivity contribution in [3.05, 3.63) is 10.6 Å². The molecule has 2 rings (SSSR count). The van der Waals surface area contributed by atoms with Gasteiger partial charge in [-0.2, -0.15) is 0 Å². The normalized spacial score (nSPS) is 31.9. The second-order valence-corrected chi connectivity index (χ2v) is 4.42. The van der Waals surface area contributed by atoms with Crippen LogP contribution in [0.1, 0.15) is 19.3 Å². The fourth-order valence-electron chi connectivity index (χ4n) is 1.45. The van der Waals surface area contributed by atoms with Gasteiger partial charge in [-0.15, -0.1) is 10.5 Å². The van der Waals surface area contributed by atoms with Crippen LogP contribution < -0.4 is 5.32 Å². The van der Waals surface area contributed by atoms with Gasteiger partial charge in [0.1, 0.15) is 0 Å². The summed E-state index contributed by atoms with van der Waals surface area (Å²) in [6, 6.07) is 0. The van der Waals surface area contributed by atoms with E-state index in [-0.39, 0.29) is 0 Å². The van der Waals surface area contributed by atoms with E-state index in [2.05, 4.69) is 17.1 Å². The van der Waals surface area contributed by atoms with Crippen molar-refractivity contribution in [1.29, 1.82) is 0 Å². The van der Waals surface area contributed by atoms with Gasteiger partial charge in [-0.3, -0.25) is 0 Å². The lowest BCUT2D eigenvalue weighted by Gasteiger charge is -1.94. The third-order valence-electron chi connectivity index (χ3n) is 1.97. The van der Waals surface area contributed by atoms with E-state index in [4.69, 9.17) is 0 Å². The molecule has 0 radical (unpaired) electrons. The topological polar surface area (TPSA) is 12.0 Å². The second kappa shape index (κ2) is 1.87. The third-order valence-corrected chi connectivity index (χ3v) is 3.67. The first-order valence-corrected chi connectivity index (χ1v) is 5.04. The largest absolute Gasteiger partial charge is 0.359 e. The van der Waals surface area contributed by atoms with E-state index in [1.807, 2.05) is 0 Å². The number of hydrogen-bond donors (Lipinski definition) is 1. The number of rotatable bonds is 0. The van der Waals surface area contributed by atoms with Crippen LogP contribution >= 0.6 is 10.5 Å². The molecule has 1 N–H and O–H groups in total. The van der Waals surface area contributed by atoms with E-state index in [1.54, 1.807) is 4.91 Å². The van der Waals surface area contributed by atoms with Crippen LogP contribution in [0.25, 0.3) is 0 Å². The first-order chi connectivity index (χ1) is 4.38. The molecule has 50 valence electrons. The third kappa shape index (κ3) is 0.732. The van der Waals surface area contributed by atoms with Gasteiger partial charge in [-0.1, -0.05) is 0 Å². The van der Waals surface area contributed by atoms with Gasteiger partial charge in [0.2, 0.25) is 0 Å². The molecule has 0 aromatic heterocycles. The summed E-state index contributed by atoms with van der Waals surface area (Å²) in [6.07, 6.45) is 6.31. The molecule has 0 bridgehead atoms. The summed E-state index contributed by atoms with van der Waals surface area (Å²) in [4.78, 5) is 1.69. The lowest BCUT2D eigenvalue weighted by molar-refractivity contribution is 0.880. The molecule has 2 heteroatoms. The fourth-order valence-corrected chi connectivity index (χ4v) is 2.93. The maximum atomic E-state index is 3.34. The van der Waals surface area contributed by atoms with Crippen LogP contribution in [0.3, 0.4) is 0 Å². The van der Waals surface area contributed by atoms with E-state index in [9.17, 15) is 0 Å². The van der Waals surface area contributed by atoms with Crippen LogP contribution in [0, 0.1) is 0 Å². The minimum atomic E-state index is 0.465. The van der Waals surface area contributed by atoms with E-state index < -0.39 is 0 Å². The molecule has 2 aliphatic rings. The van der Waals surface area contributed by atoms with Crippen LogP contribution in [-0.4, -0.2) is 11.7 Å². The highest BCUT2D eigenvalue weighted by atomic mass is 32.2. The molecule has 0 saturated heterocycles. The fraction of sp³-hybridized carbons (Fsp3) is 0.571. The Balaban J connectivity index is 2.35. The lowest BCUT2D eigenvalue weighted by atomic mass is 10.3. The molecule has 0 aromatic carbocycles. The Kier molecular flexibility index (Phi) is 1.15. The summed E-state index contributed by atoms with van der Waals surface area (Å²) >= 11 is 0. The molecule has 0 fully saturated rings. The van der Waals surface area contributed by atoms with E-state index in [0.29, 0.717) is 10.5 Å². The Morgan fingerprint density at radius 1 is 1.56 bits per heavy atom. The average Bonchev–Trinajstić information content (AvgIpc) is 2.35. The van der Waals surface area contributed by atoms with Crippen molar-refractivity contribution in [2.75, 3.05) is 6.26 Å². The minimum absolute atomic E-state index is 0.465. The van der Waals surface area contributed by atoms with E-state index in [0.717, 1.165) is 0 Å². The van der Waals surface area contributed by atoms with Crippen molar-refractivity contribution in [2.45, 2.75) is 19.3 Å². The van der Waals surface area contributed by atoms with Gasteiger partial charge in [0.25, 0.3) is 0 Å². The zero-order valence-corrected chi connectivity index (χ0v) is 6.42. The summed E-state index contributed by atoms with van der Waals surface area (Å²) in [7, 11) is 0.465. The summed E-state index contributed by atoms with van der Waals surface area (Å²) in [5, 5.41) is 3.34. The number of nitrogens with one attached hydrogen (secondary N) is 1. The molecule has 0 aromatic rings. The second-order valence-electron chi connectivity index (χ2n) is 2.58. The van der Waals surface area contributed by atoms with Gasteiger partial charge in [-0.05, 0) is 30.4 Å². The van der Waals surface area contributed by atoms with Gasteiger partial charge in [0.05, 0.1) is 0 Å². The van der Waals surface area contributed by atoms with Crippen molar-refractivity contribution in [3.63, 3.8) is 0 Å². The van der Waals surface area contributed by atoms with E-state index in [1.165, 1.54) is 25.0 Å². The lowest BCUT2D eigenvalue weighted by Crippen LogP contribution is -2.03. The molecule has 1 unspecified atom stereocenters. The van der Waals surface area contributed by atoms with Crippen LogP contribution in [0.5, 0.6) is 0 Å². The summed E-state index contributed by atoms with van der Waals surface area (Å²) in [6.45, 7) is 0. The molecule has 0 amide bonds. The predicted molar refractivity (Wildman–Crippen MR) is 43.6 cm³/mol. The molecule has 1 atom stereocenters. The maximum absolute atomic E-state index is 3.34. The first-order valence-electron chi connectivity index (χ1n) is 3.34. The van der Waals surface area contributed by atoms with Gasteiger partial charge in [-0.25, -0.2) is 0 Å². The Hall–Kier alpha value is -0.240. The predicted octanol–water partition coefficient (Wildman–Crippen LogP) is 1.64. The molecule has 0 saturated carbocycles. The first kappa shape index (κ1) is 5.54.